The molecule has 1 aliphatic carbocycles. The summed E-state index contributed by atoms with van der Waals surface area (Å²) in [6.07, 6.45) is 2.76. The lowest BCUT2D eigenvalue weighted by molar-refractivity contribution is 0.153. The van der Waals surface area contributed by atoms with Gasteiger partial charge in [-0.3, -0.25) is 0 Å². The van der Waals surface area contributed by atoms with Crippen molar-refractivity contribution >= 4 is 16.5 Å². The van der Waals surface area contributed by atoms with Crippen LogP contribution in [0.25, 0.3) is 0 Å². The summed E-state index contributed by atoms with van der Waals surface area (Å²) >= 11 is 1.80. The fraction of sp³-hybridized carbons (Fsp3) is 0.769. The molecule has 1 aromatic rings. The quantitative estimate of drug-likeness (QED) is 0.834. The topological polar surface area (TPSA) is 36.4 Å². The molecule has 2 aliphatic rings. The summed E-state index contributed by atoms with van der Waals surface area (Å²) in [7, 11) is 0. The van der Waals surface area contributed by atoms with E-state index < -0.39 is 0 Å². The number of nitrogens with zero attached hydrogens (tertiary/aromatic N) is 2. The molecule has 1 aliphatic heterocycles. The molecule has 3 unspecified atom stereocenters. The van der Waals surface area contributed by atoms with Crippen molar-refractivity contribution in [3.05, 3.63) is 10.6 Å². The average molecular weight is 252 g/mol. The molecule has 2 heterocycles. The van der Waals surface area contributed by atoms with Crippen molar-refractivity contribution in [1.29, 1.82) is 0 Å². The summed E-state index contributed by atoms with van der Waals surface area (Å²) in [5.41, 5.74) is 0.962. The van der Waals surface area contributed by atoms with Gasteiger partial charge in [0.05, 0.1) is 11.8 Å². The molecule has 0 bridgehead atoms. The number of anilines is 1. The molecular weight excluding hydrogens is 232 g/mol. The first kappa shape index (κ1) is 11.5. The predicted molar refractivity (Wildman–Crippen MR) is 70.6 cm³/mol. The highest BCUT2D eigenvalue weighted by molar-refractivity contribution is 7.15. The standard InChI is InChI=1S/C13H20N2OS/c1-8-6-15(7-9(8)2)13-14-12-10(16)4-3-5-11(12)17-13/h8-10,16H,3-7H2,1-2H3. The van der Waals surface area contributed by atoms with Crippen LogP contribution in [-0.4, -0.2) is 23.2 Å². The van der Waals surface area contributed by atoms with Gasteiger partial charge in [0.1, 0.15) is 0 Å². The van der Waals surface area contributed by atoms with Crippen molar-refractivity contribution in [3.63, 3.8) is 0 Å². The van der Waals surface area contributed by atoms with Gasteiger partial charge in [0, 0.05) is 18.0 Å². The Morgan fingerprint density at radius 3 is 2.65 bits per heavy atom. The minimum atomic E-state index is -0.318. The average Bonchev–Trinajstić information content (AvgIpc) is 2.85. The first-order valence-electron chi connectivity index (χ1n) is 6.57. The van der Waals surface area contributed by atoms with E-state index in [0.717, 1.165) is 55.0 Å². The molecule has 1 fully saturated rings. The predicted octanol–water partition coefficient (Wildman–Crippen LogP) is 2.61. The van der Waals surface area contributed by atoms with E-state index in [0.29, 0.717) is 0 Å². The van der Waals surface area contributed by atoms with Crippen LogP contribution in [0, 0.1) is 11.8 Å². The summed E-state index contributed by atoms with van der Waals surface area (Å²) in [4.78, 5) is 8.38. The van der Waals surface area contributed by atoms with E-state index in [9.17, 15) is 5.11 Å². The van der Waals surface area contributed by atoms with Gasteiger partial charge in [0.25, 0.3) is 0 Å². The van der Waals surface area contributed by atoms with E-state index in [1.54, 1.807) is 11.3 Å². The van der Waals surface area contributed by atoms with Gasteiger partial charge >= 0.3 is 0 Å². The number of aliphatic hydroxyl groups is 1. The number of aryl methyl sites for hydroxylation is 1. The smallest absolute Gasteiger partial charge is 0.185 e. The summed E-state index contributed by atoms with van der Waals surface area (Å²) in [6, 6.07) is 0. The molecule has 1 saturated heterocycles. The molecule has 3 atom stereocenters. The largest absolute Gasteiger partial charge is 0.387 e. The van der Waals surface area contributed by atoms with Gasteiger partial charge in [-0.15, -0.1) is 11.3 Å². The second-order valence-electron chi connectivity index (χ2n) is 5.57. The molecular formula is C13H20N2OS. The Labute approximate surface area is 106 Å². The highest BCUT2D eigenvalue weighted by Gasteiger charge is 2.30. The number of fused-ring (bicyclic) bond motifs is 1. The maximum Gasteiger partial charge on any atom is 0.185 e. The van der Waals surface area contributed by atoms with Gasteiger partial charge in [-0.1, -0.05) is 13.8 Å². The monoisotopic (exact) mass is 252 g/mol. The number of hydrogen-bond donors (Lipinski definition) is 1. The fourth-order valence-electron chi connectivity index (χ4n) is 2.80. The van der Waals surface area contributed by atoms with Crippen LogP contribution in [0.2, 0.25) is 0 Å². The minimum absolute atomic E-state index is 0.318. The summed E-state index contributed by atoms with van der Waals surface area (Å²) < 4.78 is 0. The van der Waals surface area contributed by atoms with E-state index in [-0.39, 0.29) is 6.10 Å². The van der Waals surface area contributed by atoms with Crippen LogP contribution < -0.4 is 4.90 Å². The number of aromatic nitrogens is 1. The molecule has 4 heteroatoms. The van der Waals surface area contributed by atoms with Gasteiger partial charge in [-0.05, 0) is 31.1 Å². The summed E-state index contributed by atoms with van der Waals surface area (Å²) in [5, 5.41) is 11.1. The number of rotatable bonds is 1. The Balaban J connectivity index is 1.85. The number of aliphatic hydroxyl groups excluding tert-OH is 1. The molecule has 0 amide bonds. The number of hydrogen-bond acceptors (Lipinski definition) is 4. The molecule has 1 N–H and O–H groups in total. The van der Waals surface area contributed by atoms with Gasteiger partial charge in [0.15, 0.2) is 5.13 Å². The third kappa shape index (κ3) is 1.97. The van der Waals surface area contributed by atoms with E-state index in [2.05, 4.69) is 23.7 Å². The third-order valence-electron chi connectivity index (χ3n) is 4.17. The Hall–Kier alpha value is -0.610. The van der Waals surface area contributed by atoms with Crippen LogP contribution in [0.5, 0.6) is 0 Å². The Morgan fingerprint density at radius 1 is 1.29 bits per heavy atom. The van der Waals surface area contributed by atoms with Gasteiger partial charge in [-0.25, -0.2) is 4.98 Å². The van der Waals surface area contributed by atoms with Crippen molar-refractivity contribution in [2.45, 2.75) is 39.2 Å². The van der Waals surface area contributed by atoms with Gasteiger partial charge in [0.2, 0.25) is 0 Å². The summed E-state index contributed by atoms with van der Waals surface area (Å²) in [6.45, 7) is 6.85. The molecule has 94 valence electrons. The zero-order valence-electron chi connectivity index (χ0n) is 10.5. The van der Waals surface area contributed by atoms with Crippen LogP contribution in [0.3, 0.4) is 0 Å². The third-order valence-corrected chi connectivity index (χ3v) is 5.36. The maximum atomic E-state index is 9.95. The van der Waals surface area contributed by atoms with E-state index in [1.165, 1.54) is 4.88 Å². The van der Waals surface area contributed by atoms with Crippen molar-refractivity contribution < 1.29 is 5.11 Å². The van der Waals surface area contributed by atoms with E-state index in [4.69, 9.17) is 0 Å². The van der Waals surface area contributed by atoms with Crippen LogP contribution in [-0.2, 0) is 6.42 Å². The SMILES string of the molecule is CC1CN(c2nc3c(s2)CCCC3O)CC1C. The van der Waals surface area contributed by atoms with E-state index >= 15 is 0 Å². The van der Waals surface area contributed by atoms with Gasteiger partial charge in [-0.2, -0.15) is 0 Å². The normalized spacial score (nSPS) is 32.9. The highest BCUT2D eigenvalue weighted by atomic mass is 32.1. The molecule has 0 saturated carbocycles. The molecule has 0 aromatic carbocycles. The van der Waals surface area contributed by atoms with Gasteiger partial charge < -0.3 is 10.0 Å². The lowest BCUT2D eigenvalue weighted by Crippen LogP contribution is -2.19. The van der Waals surface area contributed by atoms with E-state index in [1.807, 2.05) is 0 Å². The first-order valence-corrected chi connectivity index (χ1v) is 7.39. The lowest BCUT2D eigenvalue weighted by Gasteiger charge is -2.15. The molecule has 0 spiro atoms. The van der Waals surface area contributed by atoms with Crippen molar-refractivity contribution in [3.8, 4) is 0 Å². The van der Waals surface area contributed by atoms with Crippen LogP contribution in [0.15, 0.2) is 0 Å². The number of thiazole rings is 1. The van der Waals surface area contributed by atoms with Crippen LogP contribution >= 0.6 is 11.3 Å². The maximum absolute atomic E-state index is 9.95. The van der Waals surface area contributed by atoms with Crippen LogP contribution in [0.4, 0.5) is 5.13 Å². The Bertz CT molecular complexity index is 408. The van der Waals surface area contributed by atoms with Crippen molar-refractivity contribution in [2.75, 3.05) is 18.0 Å². The molecule has 1 aromatic heterocycles. The molecule has 3 rings (SSSR count). The van der Waals surface area contributed by atoms with Crippen molar-refractivity contribution in [2.24, 2.45) is 11.8 Å². The second-order valence-corrected chi connectivity index (χ2v) is 6.63. The Kier molecular flexibility index (Phi) is 2.87. The highest BCUT2D eigenvalue weighted by Crippen LogP contribution is 2.38. The molecule has 3 nitrogen and oxygen atoms in total. The first-order chi connectivity index (χ1) is 8.15. The second kappa shape index (κ2) is 4.25. The zero-order chi connectivity index (χ0) is 12.0. The summed E-state index contributed by atoms with van der Waals surface area (Å²) in [5.74, 6) is 1.50. The lowest BCUT2D eigenvalue weighted by atomic mass is 10.0. The molecule has 0 radical (unpaired) electrons. The fourth-order valence-corrected chi connectivity index (χ4v) is 3.98. The van der Waals surface area contributed by atoms with Crippen LogP contribution in [0.1, 0.15) is 43.4 Å². The zero-order valence-corrected chi connectivity index (χ0v) is 11.3. The molecule has 17 heavy (non-hydrogen) atoms. The Morgan fingerprint density at radius 2 is 2.00 bits per heavy atom. The minimum Gasteiger partial charge on any atom is -0.387 e. The van der Waals surface area contributed by atoms with Crippen molar-refractivity contribution in [1.82, 2.24) is 4.98 Å².